The minimum Gasteiger partial charge on any atom is -0.341 e. The molecule has 5 aromatic rings. The highest BCUT2D eigenvalue weighted by Gasteiger charge is 2.09. The van der Waals surface area contributed by atoms with Gasteiger partial charge in [-0.3, -0.25) is 4.99 Å². The number of rotatable bonds is 5. The third kappa shape index (κ3) is 3.61. The van der Waals surface area contributed by atoms with Crippen molar-refractivity contribution in [3.8, 4) is 0 Å². The molecule has 0 unspecified atom stereocenters. The standard InChI is InChI=1S/C28H27N3S/c1-4-30-20(3)27(32-28(30)29-19-21-11-7-6-8-12-21)18-22-15-16-26-24(17-22)23-13-9-10-14-25(23)31(26)5-2/h6-18H,3-5,19H2,1-2H3/b27-18+,29-28+. The quantitative estimate of drug-likeness (QED) is 0.368. The number of fused-ring (bicyclic) bond motifs is 3. The molecule has 0 aliphatic rings. The van der Waals surface area contributed by atoms with Gasteiger partial charge in [0, 0.05) is 34.9 Å². The molecule has 2 aromatic heterocycles. The van der Waals surface area contributed by atoms with E-state index < -0.39 is 0 Å². The van der Waals surface area contributed by atoms with Crippen LogP contribution in [0.25, 0.3) is 34.5 Å². The smallest absolute Gasteiger partial charge is 0.186 e. The summed E-state index contributed by atoms with van der Waals surface area (Å²) in [4.78, 5) is 5.92. The van der Waals surface area contributed by atoms with Gasteiger partial charge in [0.05, 0.1) is 16.4 Å². The van der Waals surface area contributed by atoms with Crippen LogP contribution in [0, 0.1) is 0 Å². The average molecular weight is 438 g/mol. The van der Waals surface area contributed by atoms with E-state index in [2.05, 4.69) is 102 Å². The van der Waals surface area contributed by atoms with Gasteiger partial charge in [0.1, 0.15) is 0 Å². The third-order valence-electron chi connectivity index (χ3n) is 6.01. The maximum absolute atomic E-state index is 4.89. The summed E-state index contributed by atoms with van der Waals surface area (Å²) in [5.74, 6) is 0. The molecule has 0 amide bonds. The first-order chi connectivity index (χ1) is 15.7. The Morgan fingerprint density at radius 2 is 1.56 bits per heavy atom. The van der Waals surface area contributed by atoms with E-state index >= 15 is 0 Å². The zero-order chi connectivity index (χ0) is 22.1. The lowest BCUT2D eigenvalue weighted by molar-refractivity contribution is 0.702. The molecule has 0 saturated heterocycles. The lowest BCUT2D eigenvalue weighted by Gasteiger charge is -2.02. The number of nitrogens with zero attached hydrogens (tertiary/aromatic N) is 3. The molecule has 5 rings (SSSR count). The van der Waals surface area contributed by atoms with Crippen molar-refractivity contribution in [3.63, 3.8) is 0 Å². The Balaban J connectivity index is 1.63. The highest BCUT2D eigenvalue weighted by molar-refractivity contribution is 7.07. The Morgan fingerprint density at radius 1 is 0.844 bits per heavy atom. The van der Waals surface area contributed by atoms with Crippen LogP contribution in [0.1, 0.15) is 25.0 Å². The van der Waals surface area contributed by atoms with Gasteiger partial charge >= 0.3 is 0 Å². The second kappa shape index (κ2) is 8.64. The van der Waals surface area contributed by atoms with Crippen LogP contribution in [0.2, 0.25) is 0 Å². The topological polar surface area (TPSA) is 22.2 Å². The van der Waals surface area contributed by atoms with E-state index in [-0.39, 0.29) is 0 Å². The zero-order valence-electron chi connectivity index (χ0n) is 18.6. The summed E-state index contributed by atoms with van der Waals surface area (Å²) in [7, 11) is 0. The van der Waals surface area contributed by atoms with Crippen molar-refractivity contribution in [2.45, 2.75) is 33.5 Å². The SMILES string of the molecule is C=c1/c(=C\c2ccc3c(c2)c2ccccc2n3CC)s/c(=N/Cc2ccccc2)n1CC. The molecule has 32 heavy (non-hydrogen) atoms. The van der Waals surface area contributed by atoms with Gasteiger partial charge < -0.3 is 9.13 Å². The van der Waals surface area contributed by atoms with Crippen LogP contribution in [0.15, 0.2) is 77.8 Å². The number of para-hydroxylation sites is 1. The fraction of sp³-hybridized carbons (Fsp3) is 0.179. The molecule has 2 heterocycles. The zero-order valence-corrected chi connectivity index (χ0v) is 19.4. The number of aromatic nitrogens is 2. The number of thiazole rings is 1. The van der Waals surface area contributed by atoms with E-state index in [1.807, 2.05) is 6.07 Å². The Morgan fingerprint density at radius 3 is 2.34 bits per heavy atom. The van der Waals surface area contributed by atoms with Crippen molar-refractivity contribution in [1.29, 1.82) is 0 Å². The summed E-state index contributed by atoms with van der Waals surface area (Å²) < 4.78 is 5.76. The van der Waals surface area contributed by atoms with Crippen molar-refractivity contribution < 1.29 is 0 Å². The van der Waals surface area contributed by atoms with Gasteiger partial charge in [-0.1, -0.05) is 72.5 Å². The van der Waals surface area contributed by atoms with Gasteiger partial charge in [-0.05, 0) is 49.2 Å². The summed E-state index contributed by atoms with van der Waals surface area (Å²) in [5, 5.41) is 3.64. The fourth-order valence-electron chi connectivity index (χ4n) is 4.41. The Hall–Kier alpha value is -3.37. The Kier molecular flexibility index (Phi) is 5.54. The van der Waals surface area contributed by atoms with Crippen molar-refractivity contribution in [3.05, 3.63) is 98.6 Å². The largest absolute Gasteiger partial charge is 0.341 e. The maximum atomic E-state index is 4.89. The predicted molar refractivity (Wildman–Crippen MR) is 137 cm³/mol. The molecule has 0 saturated carbocycles. The Labute approximate surface area is 191 Å². The van der Waals surface area contributed by atoms with Gasteiger partial charge in [0.25, 0.3) is 0 Å². The van der Waals surface area contributed by atoms with Crippen molar-refractivity contribution in [2.75, 3.05) is 0 Å². The molecule has 3 aromatic carbocycles. The maximum Gasteiger partial charge on any atom is 0.186 e. The van der Waals surface area contributed by atoms with E-state index in [1.54, 1.807) is 11.3 Å². The van der Waals surface area contributed by atoms with Crippen LogP contribution < -0.4 is 14.7 Å². The van der Waals surface area contributed by atoms with Crippen molar-refractivity contribution in [1.82, 2.24) is 9.13 Å². The molecule has 0 aliphatic carbocycles. The number of benzene rings is 3. The highest BCUT2D eigenvalue weighted by atomic mass is 32.1. The van der Waals surface area contributed by atoms with Crippen LogP contribution in [-0.2, 0) is 19.6 Å². The molecule has 0 bridgehead atoms. The van der Waals surface area contributed by atoms with E-state index in [9.17, 15) is 0 Å². The molecule has 0 atom stereocenters. The molecular weight excluding hydrogens is 410 g/mol. The molecule has 0 N–H and O–H groups in total. The summed E-state index contributed by atoms with van der Waals surface area (Å²) in [6.07, 6.45) is 2.25. The van der Waals surface area contributed by atoms with E-state index in [0.717, 1.165) is 27.8 Å². The summed E-state index contributed by atoms with van der Waals surface area (Å²) in [6.45, 7) is 11.2. The second-order valence-corrected chi connectivity index (χ2v) is 8.93. The fourth-order valence-corrected chi connectivity index (χ4v) is 5.51. The lowest BCUT2D eigenvalue weighted by Crippen LogP contribution is -2.30. The molecule has 160 valence electrons. The highest BCUT2D eigenvalue weighted by Crippen LogP contribution is 2.29. The first kappa shape index (κ1) is 20.5. The molecule has 0 spiro atoms. The molecule has 0 radical (unpaired) electrons. The lowest BCUT2D eigenvalue weighted by atomic mass is 10.1. The molecule has 0 aliphatic heterocycles. The summed E-state index contributed by atoms with van der Waals surface area (Å²) in [5.41, 5.74) is 4.99. The molecular formula is C28H27N3S. The van der Waals surface area contributed by atoms with Gasteiger partial charge in [0.2, 0.25) is 0 Å². The summed E-state index contributed by atoms with van der Waals surface area (Å²) in [6, 6.07) is 25.8. The van der Waals surface area contributed by atoms with Gasteiger partial charge in [0.15, 0.2) is 4.80 Å². The van der Waals surface area contributed by atoms with Crippen LogP contribution in [-0.4, -0.2) is 9.13 Å². The number of hydrogen-bond donors (Lipinski definition) is 0. The molecule has 3 nitrogen and oxygen atoms in total. The van der Waals surface area contributed by atoms with Gasteiger partial charge in [-0.2, -0.15) is 0 Å². The third-order valence-corrected chi connectivity index (χ3v) is 7.11. The Bertz CT molecular complexity index is 1580. The molecule has 4 heteroatoms. The number of hydrogen-bond acceptors (Lipinski definition) is 2. The van der Waals surface area contributed by atoms with Crippen LogP contribution in [0.5, 0.6) is 0 Å². The second-order valence-electron chi connectivity index (χ2n) is 7.92. The van der Waals surface area contributed by atoms with Crippen LogP contribution >= 0.6 is 11.3 Å². The van der Waals surface area contributed by atoms with E-state index in [0.29, 0.717) is 6.54 Å². The number of aryl methyl sites for hydroxylation is 1. The van der Waals surface area contributed by atoms with E-state index in [4.69, 9.17) is 4.99 Å². The normalized spacial score (nSPS) is 12.9. The molecule has 0 fully saturated rings. The monoisotopic (exact) mass is 437 g/mol. The van der Waals surface area contributed by atoms with Crippen LogP contribution in [0.3, 0.4) is 0 Å². The minimum absolute atomic E-state index is 0.683. The van der Waals surface area contributed by atoms with E-state index in [1.165, 1.54) is 32.9 Å². The predicted octanol–water partition coefficient (Wildman–Crippen LogP) is 5.04. The first-order valence-corrected chi connectivity index (χ1v) is 12.0. The van der Waals surface area contributed by atoms with Crippen LogP contribution in [0.4, 0.5) is 0 Å². The summed E-state index contributed by atoms with van der Waals surface area (Å²) >= 11 is 1.72. The van der Waals surface area contributed by atoms with Gasteiger partial charge in [-0.15, -0.1) is 0 Å². The minimum atomic E-state index is 0.683. The van der Waals surface area contributed by atoms with Crippen molar-refractivity contribution in [2.24, 2.45) is 4.99 Å². The van der Waals surface area contributed by atoms with Crippen molar-refractivity contribution >= 4 is 45.8 Å². The first-order valence-electron chi connectivity index (χ1n) is 11.1. The average Bonchev–Trinajstić information content (AvgIpc) is 3.31. The van der Waals surface area contributed by atoms with Gasteiger partial charge in [-0.25, -0.2) is 0 Å².